The van der Waals surface area contributed by atoms with E-state index in [4.69, 9.17) is 4.74 Å². The van der Waals surface area contributed by atoms with Crippen LogP contribution in [0.25, 0.3) is 0 Å². The number of nitrogens with zero attached hydrogens (tertiary/aromatic N) is 1. The molecule has 0 spiro atoms. The molecule has 0 heterocycles. The van der Waals surface area contributed by atoms with E-state index in [0.29, 0.717) is 12.1 Å². The lowest BCUT2D eigenvalue weighted by Crippen LogP contribution is -2.06. The summed E-state index contributed by atoms with van der Waals surface area (Å²) in [7, 11) is -3.42. The smallest absolute Gasteiger partial charge is 0.416 e. The summed E-state index contributed by atoms with van der Waals surface area (Å²) in [5.41, 5.74) is -2.02. The zero-order chi connectivity index (χ0) is 18.1. The molecule has 0 unspecified atom stereocenters. The van der Waals surface area contributed by atoms with Gasteiger partial charge in [0.25, 0.3) is 0 Å². The van der Waals surface area contributed by atoms with Crippen LogP contribution in [0.2, 0.25) is 0 Å². The minimum absolute atomic E-state index is 0.0109. The number of sulfone groups is 1. The van der Waals surface area contributed by atoms with Crippen LogP contribution in [-0.4, -0.2) is 19.6 Å². The van der Waals surface area contributed by atoms with Gasteiger partial charge in [-0.2, -0.15) is 13.2 Å². The van der Waals surface area contributed by atoms with Gasteiger partial charge in [0, 0.05) is 12.3 Å². The maximum Gasteiger partial charge on any atom is 0.416 e. The van der Waals surface area contributed by atoms with E-state index in [1.807, 2.05) is 0 Å². The van der Waals surface area contributed by atoms with Gasteiger partial charge in [0.05, 0.1) is 15.4 Å². The van der Waals surface area contributed by atoms with Crippen molar-refractivity contribution in [3.05, 3.63) is 58.1 Å². The SMILES string of the molecule is CS(=O)(=O)c1ccc(Oc2ccc(C(F)(F)F)cc2[N+](=O)[O-])cc1. The molecule has 0 aliphatic heterocycles. The Morgan fingerprint density at radius 2 is 1.67 bits per heavy atom. The number of alkyl halides is 3. The van der Waals surface area contributed by atoms with Gasteiger partial charge in [-0.3, -0.25) is 10.1 Å². The van der Waals surface area contributed by atoms with Crippen molar-refractivity contribution in [3.8, 4) is 11.5 Å². The highest BCUT2D eigenvalue weighted by Gasteiger charge is 2.33. The summed E-state index contributed by atoms with van der Waals surface area (Å²) in [5.74, 6) is -0.342. The Balaban J connectivity index is 2.37. The van der Waals surface area contributed by atoms with Crippen LogP contribution in [0, 0.1) is 10.1 Å². The van der Waals surface area contributed by atoms with E-state index in [0.717, 1.165) is 12.3 Å². The first-order valence-electron chi connectivity index (χ1n) is 6.32. The van der Waals surface area contributed by atoms with Crippen LogP contribution in [0.4, 0.5) is 18.9 Å². The summed E-state index contributed by atoms with van der Waals surface area (Å²) in [6.07, 6.45) is -3.72. The topological polar surface area (TPSA) is 86.5 Å². The summed E-state index contributed by atoms with van der Waals surface area (Å²) in [6.45, 7) is 0. The van der Waals surface area contributed by atoms with Gasteiger partial charge < -0.3 is 4.74 Å². The van der Waals surface area contributed by atoms with E-state index in [9.17, 15) is 31.7 Å². The summed E-state index contributed by atoms with van der Waals surface area (Å²) in [4.78, 5) is 9.98. The maximum atomic E-state index is 12.6. The highest BCUT2D eigenvalue weighted by atomic mass is 32.2. The van der Waals surface area contributed by atoms with Crippen molar-refractivity contribution in [2.24, 2.45) is 0 Å². The second-order valence-corrected chi connectivity index (χ2v) is 6.80. The molecule has 2 aromatic carbocycles. The minimum Gasteiger partial charge on any atom is -0.450 e. The van der Waals surface area contributed by atoms with Crippen molar-refractivity contribution in [2.75, 3.05) is 6.26 Å². The first-order valence-corrected chi connectivity index (χ1v) is 8.21. The second kappa shape index (κ2) is 6.11. The molecule has 0 aromatic heterocycles. The fourth-order valence-corrected chi connectivity index (χ4v) is 2.44. The number of hydrogen-bond acceptors (Lipinski definition) is 5. The first kappa shape index (κ1) is 17.7. The van der Waals surface area contributed by atoms with Crippen molar-refractivity contribution in [1.29, 1.82) is 0 Å². The van der Waals surface area contributed by atoms with Gasteiger partial charge in [0.1, 0.15) is 5.75 Å². The van der Waals surface area contributed by atoms with Gasteiger partial charge in [0.2, 0.25) is 5.75 Å². The lowest BCUT2D eigenvalue weighted by molar-refractivity contribution is -0.385. The molecule has 128 valence electrons. The van der Waals surface area contributed by atoms with Crippen molar-refractivity contribution >= 4 is 15.5 Å². The third-order valence-corrected chi connectivity index (χ3v) is 4.09. The normalized spacial score (nSPS) is 12.0. The zero-order valence-electron chi connectivity index (χ0n) is 12.1. The molecule has 0 bridgehead atoms. The fourth-order valence-electron chi connectivity index (χ4n) is 1.80. The van der Waals surface area contributed by atoms with Crippen molar-refractivity contribution in [2.45, 2.75) is 11.1 Å². The van der Waals surface area contributed by atoms with Gasteiger partial charge in [-0.25, -0.2) is 8.42 Å². The average molecular weight is 361 g/mol. The Morgan fingerprint density at radius 1 is 1.08 bits per heavy atom. The molecular formula is C14H10F3NO5S. The van der Waals surface area contributed by atoms with Crippen LogP contribution in [0.1, 0.15) is 5.56 Å². The zero-order valence-corrected chi connectivity index (χ0v) is 12.9. The van der Waals surface area contributed by atoms with Crippen LogP contribution < -0.4 is 4.74 Å². The number of benzene rings is 2. The Kier molecular flexibility index (Phi) is 4.52. The number of hydrogen-bond donors (Lipinski definition) is 0. The van der Waals surface area contributed by atoms with Crippen LogP contribution in [0.3, 0.4) is 0 Å². The number of rotatable bonds is 4. The van der Waals surface area contributed by atoms with Crippen molar-refractivity contribution in [3.63, 3.8) is 0 Å². The lowest BCUT2D eigenvalue weighted by Gasteiger charge is -2.10. The van der Waals surface area contributed by atoms with E-state index in [2.05, 4.69) is 0 Å². The predicted molar refractivity (Wildman–Crippen MR) is 77.7 cm³/mol. The molecule has 0 aliphatic rings. The summed E-state index contributed by atoms with van der Waals surface area (Å²) in [5, 5.41) is 11.0. The number of ether oxygens (including phenoxy) is 1. The minimum atomic E-state index is -4.72. The Morgan fingerprint density at radius 3 is 2.12 bits per heavy atom. The highest BCUT2D eigenvalue weighted by Crippen LogP contribution is 2.37. The quantitative estimate of drug-likeness (QED) is 0.610. The van der Waals surface area contributed by atoms with E-state index in [-0.39, 0.29) is 16.4 Å². The molecule has 0 N–H and O–H groups in total. The van der Waals surface area contributed by atoms with Crippen molar-refractivity contribution < 1.29 is 31.2 Å². The van der Waals surface area contributed by atoms with Crippen LogP contribution in [0.15, 0.2) is 47.4 Å². The van der Waals surface area contributed by atoms with E-state index in [1.165, 1.54) is 24.3 Å². The molecule has 0 saturated heterocycles. The molecule has 2 rings (SSSR count). The van der Waals surface area contributed by atoms with Gasteiger partial charge >= 0.3 is 11.9 Å². The fraction of sp³-hybridized carbons (Fsp3) is 0.143. The van der Waals surface area contributed by atoms with Crippen LogP contribution >= 0.6 is 0 Å². The van der Waals surface area contributed by atoms with Gasteiger partial charge in [0.15, 0.2) is 9.84 Å². The maximum absolute atomic E-state index is 12.6. The van der Waals surface area contributed by atoms with Crippen LogP contribution in [0.5, 0.6) is 11.5 Å². The molecule has 0 atom stereocenters. The van der Waals surface area contributed by atoms with Gasteiger partial charge in [-0.15, -0.1) is 0 Å². The Hall–Kier alpha value is -2.62. The van der Waals surface area contributed by atoms with E-state index in [1.54, 1.807) is 0 Å². The third-order valence-electron chi connectivity index (χ3n) is 2.96. The summed E-state index contributed by atoms with van der Waals surface area (Å²) in [6, 6.07) is 6.82. The van der Waals surface area contributed by atoms with Gasteiger partial charge in [-0.05, 0) is 36.4 Å². The molecule has 0 fully saturated rings. The lowest BCUT2D eigenvalue weighted by atomic mass is 10.2. The predicted octanol–water partition coefficient (Wildman–Crippen LogP) is 3.81. The molecular weight excluding hydrogens is 351 g/mol. The number of halogens is 3. The Labute approximate surface area is 134 Å². The third kappa shape index (κ3) is 4.02. The molecule has 0 saturated carbocycles. The molecule has 10 heteroatoms. The molecule has 0 radical (unpaired) electrons. The Bertz CT molecular complexity index is 876. The number of nitro benzene ring substituents is 1. The largest absolute Gasteiger partial charge is 0.450 e. The molecule has 6 nitrogen and oxygen atoms in total. The molecule has 0 amide bonds. The average Bonchev–Trinajstić information content (AvgIpc) is 2.46. The van der Waals surface area contributed by atoms with Crippen LogP contribution in [-0.2, 0) is 16.0 Å². The standard InChI is InChI=1S/C14H10F3NO5S/c1-24(21,22)11-5-3-10(4-6-11)23-13-7-2-9(14(15,16)17)8-12(13)18(19)20/h2-8H,1H3. The molecule has 0 aliphatic carbocycles. The second-order valence-electron chi connectivity index (χ2n) is 4.78. The number of nitro groups is 1. The highest BCUT2D eigenvalue weighted by molar-refractivity contribution is 7.90. The van der Waals surface area contributed by atoms with E-state index >= 15 is 0 Å². The monoisotopic (exact) mass is 361 g/mol. The van der Waals surface area contributed by atoms with Crippen molar-refractivity contribution in [1.82, 2.24) is 0 Å². The molecule has 24 heavy (non-hydrogen) atoms. The van der Waals surface area contributed by atoms with Gasteiger partial charge in [-0.1, -0.05) is 0 Å². The molecule has 2 aromatic rings. The summed E-state index contributed by atoms with van der Waals surface area (Å²) < 4.78 is 65.8. The first-order chi connectivity index (χ1) is 11.0. The van der Waals surface area contributed by atoms with E-state index < -0.39 is 32.2 Å². The summed E-state index contributed by atoms with van der Waals surface area (Å²) >= 11 is 0.